The molecule has 1 aliphatic carbocycles. The van der Waals surface area contributed by atoms with Gasteiger partial charge in [-0.3, -0.25) is 4.79 Å². The zero-order valence-corrected chi connectivity index (χ0v) is 23.5. The lowest BCUT2D eigenvalue weighted by Gasteiger charge is -2.25. The number of aliphatic hydroxyl groups excluding tert-OH is 1. The molecule has 1 amide bonds. The minimum Gasteiger partial charge on any atom is -0.460 e. The van der Waals surface area contributed by atoms with Crippen molar-refractivity contribution in [3.8, 4) is 17.1 Å². The molecule has 42 heavy (non-hydrogen) atoms. The highest BCUT2D eigenvalue weighted by atomic mass is 19.4. The highest BCUT2D eigenvalue weighted by Gasteiger charge is 2.36. The molecular formula is C29H35F3N6O4. The number of aliphatic imine (C=N–C) groups is 1. The van der Waals surface area contributed by atoms with Crippen molar-refractivity contribution >= 4 is 24.6 Å². The summed E-state index contributed by atoms with van der Waals surface area (Å²) in [5, 5.41) is 20.3. The van der Waals surface area contributed by atoms with E-state index in [-0.39, 0.29) is 17.5 Å². The van der Waals surface area contributed by atoms with Crippen molar-refractivity contribution in [1.82, 2.24) is 19.7 Å². The molecular weight excluding hydrogens is 553 g/mol. The quantitative estimate of drug-likeness (QED) is 0.137. The predicted molar refractivity (Wildman–Crippen MR) is 154 cm³/mol. The monoisotopic (exact) mass is 588 g/mol. The Bertz CT molecular complexity index is 1300. The number of carbonyl (C=O) groups excluding carboxylic acids is 1. The van der Waals surface area contributed by atoms with Crippen LogP contribution in [0.1, 0.15) is 43.9 Å². The van der Waals surface area contributed by atoms with E-state index in [0.717, 1.165) is 40.3 Å². The number of aryl methyl sites for hydroxylation is 1. The average Bonchev–Trinajstić information content (AvgIpc) is 3.37. The number of carbonyl (C=O) groups is 1. The number of amides is 1. The largest absolute Gasteiger partial charge is 0.460 e. The first-order valence-electron chi connectivity index (χ1n) is 13.0. The Labute approximate surface area is 242 Å². The third-order valence-electron chi connectivity index (χ3n) is 6.14. The number of benzene rings is 1. The van der Waals surface area contributed by atoms with Crippen LogP contribution < -0.4 is 10.1 Å². The van der Waals surface area contributed by atoms with Crippen LogP contribution in [0.15, 0.2) is 66.6 Å². The van der Waals surface area contributed by atoms with Crippen LogP contribution in [0.4, 0.5) is 18.9 Å². The third-order valence-corrected chi connectivity index (χ3v) is 6.14. The standard InChI is InChI=1S/C18H21N3O2.C10H10F3N3.CH4O2/c1-13-2-8-17(9-3-13)23-18-19-10-15(11-20-18)14-4-6-16(7-5-14)21-12-22;1-4-5-8(14-3)16-6-7(2)9(15-16)10(11,12)13;2-1-3/h4-7,10-13,17H,2-3,8-9H2,1H3,(H,21,22);4-6H,1,3H2,2H3;2-3H,1H2/b;8-5+;. The van der Waals surface area contributed by atoms with Gasteiger partial charge in [0, 0.05) is 35.4 Å². The first kappa shape index (κ1) is 33.8. The maximum Gasteiger partial charge on any atom is 0.435 e. The van der Waals surface area contributed by atoms with E-state index in [1.54, 1.807) is 12.4 Å². The topological polar surface area (TPSA) is 135 Å². The molecule has 226 valence electrons. The van der Waals surface area contributed by atoms with Crippen molar-refractivity contribution < 1.29 is 32.9 Å². The molecule has 3 N–H and O–H groups in total. The predicted octanol–water partition coefficient (Wildman–Crippen LogP) is 5.49. The number of anilines is 1. The first-order valence-corrected chi connectivity index (χ1v) is 13.0. The van der Waals surface area contributed by atoms with E-state index in [4.69, 9.17) is 14.9 Å². The Balaban J connectivity index is 0.000000284. The SMILES string of the molecule is C=C/C=C(\N=C)n1cc(C)c(C(F)(F)F)n1.CC1CCC(Oc2ncc(-c3ccc(NC=O)cc3)cn2)CC1.OCO. The molecule has 1 fully saturated rings. The van der Waals surface area contributed by atoms with Crippen LogP contribution in [0, 0.1) is 12.8 Å². The molecule has 2 heterocycles. The molecule has 0 radical (unpaired) electrons. The fourth-order valence-corrected chi connectivity index (χ4v) is 4.01. The van der Waals surface area contributed by atoms with Gasteiger partial charge in [0.05, 0.1) is 0 Å². The number of allylic oxidation sites excluding steroid dienone is 2. The molecule has 0 atom stereocenters. The van der Waals surface area contributed by atoms with Crippen LogP contribution in [0.5, 0.6) is 6.01 Å². The van der Waals surface area contributed by atoms with Crippen molar-refractivity contribution in [2.45, 2.75) is 51.8 Å². The van der Waals surface area contributed by atoms with Gasteiger partial charge < -0.3 is 20.3 Å². The van der Waals surface area contributed by atoms with Gasteiger partial charge in [-0.15, -0.1) is 0 Å². The van der Waals surface area contributed by atoms with Crippen LogP contribution in [0.3, 0.4) is 0 Å². The molecule has 1 aromatic carbocycles. The molecule has 0 saturated heterocycles. The maximum absolute atomic E-state index is 12.5. The summed E-state index contributed by atoms with van der Waals surface area (Å²) in [5.74, 6) is 0.989. The summed E-state index contributed by atoms with van der Waals surface area (Å²) in [6, 6.07) is 7.99. The lowest BCUT2D eigenvalue weighted by molar-refractivity contribution is -0.141. The second-order valence-corrected chi connectivity index (χ2v) is 9.26. The molecule has 10 nitrogen and oxygen atoms in total. The van der Waals surface area contributed by atoms with Gasteiger partial charge in [0.1, 0.15) is 12.9 Å². The van der Waals surface area contributed by atoms with E-state index in [0.29, 0.717) is 12.4 Å². The smallest absolute Gasteiger partial charge is 0.435 e. The van der Waals surface area contributed by atoms with Gasteiger partial charge in [-0.1, -0.05) is 31.7 Å². The van der Waals surface area contributed by atoms with Gasteiger partial charge in [0.15, 0.2) is 11.5 Å². The molecule has 0 unspecified atom stereocenters. The number of nitrogens with zero attached hydrogens (tertiary/aromatic N) is 5. The Morgan fingerprint density at radius 3 is 2.21 bits per heavy atom. The summed E-state index contributed by atoms with van der Waals surface area (Å²) in [6.07, 6.45) is 8.63. The molecule has 1 aliphatic rings. The summed E-state index contributed by atoms with van der Waals surface area (Å²) in [5.41, 5.74) is 1.79. The number of aliphatic hydroxyl groups is 2. The molecule has 0 spiro atoms. The van der Waals surface area contributed by atoms with Gasteiger partial charge in [-0.2, -0.15) is 18.3 Å². The molecule has 1 saturated carbocycles. The van der Waals surface area contributed by atoms with Gasteiger partial charge in [-0.05, 0) is 69.0 Å². The second-order valence-electron chi connectivity index (χ2n) is 9.26. The van der Waals surface area contributed by atoms with Gasteiger partial charge in [-0.25, -0.2) is 19.6 Å². The average molecular weight is 589 g/mol. The van der Waals surface area contributed by atoms with Crippen LogP contribution in [0.25, 0.3) is 16.9 Å². The van der Waals surface area contributed by atoms with Gasteiger partial charge >= 0.3 is 12.2 Å². The van der Waals surface area contributed by atoms with Gasteiger partial charge in [0.2, 0.25) is 6.41 Å². The number of alkyl halides is 3. The second kappa shape index (κ2) is 16.8. The van der Waals surface area contributed by atoms with Crippen molar-refractivity contribution in [2.24, 2.45) is 10.9 Å². The summed E-state index contributed by atoms with van der Waals surface area (Å²) in [7, 11) is 0. The molecule has 13 heteroatoms. The van der Waals surface area contributed by atoms with Gasteiger partial charge in [0.25, 0.3) is 0 Å². The Morgan fingerprint density at radius 1 is 1.14 bits per heavy atom. The van der Waals surface area contributed by atoms with E-state index in [2.05, 4.69) is 45.6 Å². The number of aromatic nitrogens is 4. The highest BCUT2D eigenvalue weighted by Crippen LogP contribution is 2.31. The minimum absolute atomic E-state index is 0.0334. The van der Waals surface area contributed by atoms with E-state index in [9.17, 15) is 18.0 Å². The number of hydrogen-bond donors (Lipinski definition) is 3. The Hall–Kier alpha value is -4.36. The van der Waals surface area contributed by atoms with E-state index in [1.165, 1.54) is 38.1 Å². The first-order chi connectivity index (χ1) is 20.1. The normalized spacial score (nSPS) is 16.6. The zero-order chi connectivity index (χ0) is 31.1. The third kappa shape index (κ3) is 10.6. The van der Waals surface area contributed by atoms with Crippen molar-refractivity contribution in [2.75, 3.05) is 12.1 Å². The van der Waals surface area contributed by atoms with Crippen LogP contribution in [-0.2, 0) is 11.0 Å². The number of ether oxygens (including phenoxy) is 1. The lowest BCUT2D eigenvalue weighted by atomic mass is 9.89. The Kier molecular flexibility index (Phi) is 13.5. The highest BCUT2D eigenvalue weighted by molar-refractivity contribution is 5.73. The number of hydrogen-bond acceptors (Lipinski definition) is 8. The number of halogens is 3. The van der Waals surface area contributed by atoms with E-state index >= 15 is 0 Å². The summed E-state index contributed by atoms with van der Waals surface area (Å²) in [4.78, 5) is 22.6. The minimum atomic E-state index is -4.46. The molecule has 2 aromatic heterocycles. The zero-order valence-electron chi connectivity index (χ0n) is 23.5. The van der Waals surface area contributed by atoms with Crippen LogP contribution in [-0.4, -0.2) is 56.0 Å². The molecule has 3 aromatic rings. The van der Waals surface area contributed by atoms with Crippen LogP contribution >= 0.6 is 0 Å². The maximum atomic E-state index is 12.5. The Morgan fingerprint density at radius 2 is 1.74 bits per heavy atom. The molecule has 4 rings (SSSR count). The molecule has 0 bridgehead atoms. The van der Waals surface area contributed by atoms with Crippen molar-refractivity contribution in [3.63, 3.8) is 0 Å². The van der Waals surface area contributed by atoms with E-state index < -0.39 is 18.7 Å². The van der Waals surface area contributed by atoms with Crippen molar-refractivity contribution in [3.05, 3.63) is 72.8 Å². The fraction of sp³-hybridized carbons (Fsp3) is 0.345. The summed E-state index contributed by atoms with van der Waals surface area (Å²) >= 11 is 0. The lowest BCUT2D eigenvalue weighted by Crippen LogP contribution is -2.23. The fourth-order valence-electron chi connectivity index (χ4n) is 4.01. The number of nitrogens with one attached hydrogen (secondary N) is 1. The molecule has 0 aliphatic heterocycles. The number of rotatable bonds is 8. The van der Waals surface area contributed by atoms with Crippen LogP contribution in [0.2, 0.25) is 0 Å². The van der Waals surface area contributed by atoms with Crippen molar-refractivity contribution in [1.29, 1.82) is 0 Å². The van der Waals surface area contributed by atoms with E-state index in [1.807, 2.05) is 24.3 Å². The summed E-state index contributed by atoms with van der Waals surface area (Å²) in [6.45, 7) is 9.55. The summed E-state index contributed by atoms with van der Waals surface area (Å²) < 4.78 is 44.3.